The van der Waals surface area contributed by atoms with Gasteiger partial charge in [-0.2, -0.15) is 0 Å². The predicted molar refractivity (Wildman–Crippen MR) is 134 cm³/mol. The zero-order chi connectivity index (χ0) is 23.1. The molecule has 0 fully saturated rings. The molecule has 32 heavy (non-hydrogen) atoms. The molecule has 0 saturated heterocycles. The fraction of sp³-hybridized carbons (Fsp3) is 0.269. The van der Waals surface area contributed by atoms with E-state index in [1.54, 1.807) is 0 Å². The lowest BCUT2D eigenvalue weighted by Gasteiger charge is -2.16. The first-order valence-electron chi connectivity index (χ1n) is 10.6. The highest BCUT2D eigenvalue weighted by atomic mass is 79.9. The van der Waals surface area contributed by atoms with E-state index in [1.807, 2.05) is 50.2 Å². The quantitative estimate of drug-likeness (QED) is 0.359. The molecule has 0 radical (unpaired) electrons. The molecule has 0 unspecified atom stereocenters. The third-order valence-electron chi connectivity index (χ3n) is 5.02. The number of ether oxygens (including phenoxy) is 2. The van der Waals surface area contributed by atoms with Crippen molar-refractivity contribution in [1.29, 1.82) is 0 Å². The van der Waals surface area contributed by atoms with E-state index in [1.165, 1.54) is 11.1 Å². The van der Waals surface area contributed by atoms with E-state index in [-0.39, 0.29) is 12.5 Å². The van der Waals surface area contributed by atoms with Crippen molar-refractivity contribution >= 4 is 33.2 Å². The van der Waals surface area contributed by atoms with Crippen molar-refractivity contribution < 1.29 is 14.3 Å². The van der Waals surface area contributed by atoms with Crippen LogP contribution in [0.3, 0.4) is 0 Å². The molecule has 2 N–H and O–H groups in total. The Morgan fingerprint density at radius 2 is 1.75 bits per heavy atom. The van der Waals surface area contributed by atoms with Gasteiger partial charge in [0.1, 0.15) is 0 Å². The topological polar surface area (TPSA) is 59.6 Å². The van der Waals surface area contributed by atoms with Crippen LogP contribution in [0.1, 0.15) is 29.2 Å². The van der Waals surface area contributed by atoms with Gasteiger partial charge in [0.25, 0.3) is 5.91 Å². The largest absolute Gasteiger partial charge is 0.490 e. The second-order valence-corrected chi connectivity index (χ2v) is 8.55. The monoisotopic (exact) mass is 496 g/mol. The molecule has 0 atom stereocenters. The van der Waals surface area contributed by atoms with Gasteiger partial charge in [0.15, 0.2) is 18.1 Å². The average Bonchev–Trinajstić information content (AvgIpc) is 2.74. The van der Waals surface area contributed by atoms with Gasteiger partial charge in [-0.3, -0.25) is 4.79 Å². The van der Waals surface area contributed by atoms with E-state index < -0.39 is 0 Å². The number of halogens is 1. The first-order chi connectivity index (χ1) is 15.4. The number of carbonyl (C=O) groups is 1. The number of aryl methyl sites for hydroxylation is 3. The molecule has 1 amide bonds. The van der Waals surface area contributed by atoms with Crippen LogP contribution in [0.2, 0.25) is 0 Å². The molecule has 0 bridgehead atoms. The van der Waals surface area contributed by atoms with Crippen LogP contribution in [-0.4, -0.2) is 19.1 Å². The molecule has 6 heteroatoms. The zero-order valence-corrected chi connectivity index (χ0v) is 20.5. The highest BCUT2D eigenvalue weighted by molar-refractivity contribution is 9.10. The minimum absolute atomic E-state index is 0.118. The van der Waals surface area contributed by atoms with E-state index in [2.05, 4.69) is 58.6 Å². The fourth-order valence-electron chi connectivity index (χ4n) is 3.24. The second kappa shape index (κ2) is 11.0. The number of anilines is 2. The maximum absolute atomic E-state index is 12.4. The Morgan fingerprint density at radius 3 is 2.47 bits per heavy atom. The average molecular weight is 497 g/mol. The molecule has 3 aromatic carbocycles. The number of hydrogen-bond donors (Lipinski definition) is 2. The highest BCUT2D eigenvalue weighted by Crippen LogP contribution is 2.37. The maximum Gasteiger partial charge on any atom is 0.262 e. The standard InChI is InChI=1S/C26H29BrN2O3/c1-5-31-24-14-20(15-28-21-10-9-18(3)19(4)12-21)13-23(27)26(24)32-16-25(30)29-22-8-6-7-17(2)11-22/h6-14,28H,5,15-16H2,1-4H3,(H,29,30). The van der Waals surface area contributed by atoms with Gasteiger partial charge in [-0.25, -0.2) is 0 Å². The molecule has 0 aliphatic carbocycles. The Labute approximate surface area is 198 Å². The van der Waals surface area contributed by atoms with Crippen molar-refractivity contribution in [3.05, 3.63) is 81.3 Å². The van der Waals surface area contributed by atoms with Crippen LogP contribution >= 0.6 is 15.9 Å². The van der Waals surface area contributed by atoms with E-state index in [4.69, 9.17) is 9.47 Å². The van der Waals surface area contributed by atoms with E-state index in [0.717, 1.165) is 27.0 Å². The van der Waals surface area contributed by atoms with Gasteiger partial charge < -0.3 is 20.1 Å². The SMILES string of the molecule is CCOc1cc(CNc2ccc(C)c(C)c2)cc(Br)c1OCC(=O)Nc1cccc(C)c1. The van der Waals surface area contributed by atoms with Crippen LogP contribution < -0.4 is 20.1 Å². The van der Waals surface area contributed by atoms with Crippen molar-refractivity contribution in [2.45, 2.75) is 34.2 Å². The predicted octanol–water partition coefficient (Wildman–Crippen LogP) is 6.40. The summed E-state index contributed by atoms with van der Waals surface area (Å²) >= 11 is 3.58. The van der Waals surface area contributed by atoms with Crippen molar-refractivity contribution in [3.8, 4) is 11.5 Å². The second-order valence-electron chi connectivity index (χ2n) is 7.70. The van der Waals surface area contributed by atoms with Crippen LogP contribution in [0.15, 0.2) is 59.1 Å². The van der Waals surface area contributed by atoms with Crippen LogP contribution in [0.5, 0.6) is 11.5 Å². The maximum atomic E-state index is 12.4. The van der Waals surface area contributed by atoms with Gasteiger partial charge in [-0.05, 0) is 102 Å². The summed E-state index contributed by atoms with van der Waals surface area (Å²) in [7, 11) is 0. The Hall–Kier alpha value is -2.99. The highest BCUT2D eigenvalue weighted by Gasteiger charge is 2.14. The van der Waals surface area contributed by atoms with Crippen LogP contribution in [0, 0.1) is 20.8 Å². The summed E-state index contributed by atoms with van der Waals surface area (Å²) in [5, 5.41) is 6.30. The molecule has 0 spiro atoms. The molecule has 168 valence electrons. The molecule has 3 rings (SSSR count). The van der Waals surface area contributed by atoms with Gasteiger partial charge in [-0.1, -0.05) is 18.2 Å². The Balaban J connectivity index is 1.67. The number of benzene rings is 3. The lowest BCUT2D eigenvalue weighted by Crippen LogP contribution is -2.20. The van der Waals surface area contributed by atoms with E-state index >= 15 is 0 Å². The summed E-state index contributed by atoms with van der Waals surface area (Å²) in [5.41, 5.74) is 6.44. The zero-order valence-electron chi connectivity index (χ0n) is 18.9. The van der Waals surface area contributed by atoms with Gasteiger partial charge in [-0.15, -0.1) is 0 Å². The number of hydrogen-bond acceptors (Lipinski definition) is 4. The lowest BCUT2D eigenvalue weighted by molar-refractivity contribution is -0.118. The summed E-state index contributed by atoms with van der Waals surface area (Å²) in [6, 6.07) is 17.9. The smallest absolute Gasteiger partial charge is 0.262 e. The van der Waals surface area contributed by atoms with Crippen molar-refractivity contribution in [2.24, 2.45) is 0 Å². The molecule has 0 heterocycles. The first kappa shape index (κ1) is 23.7. The van der Waals surface area contributed by atoms with Crippen molar-refractivity contribution in [2.75, 3.05) is 23.8 Å². The number of nitrogens with one attached hydrogen (secondary N) is 2. The van der Waals surface area contributed by atoms with E-state index in [9.17, 15) is 4.79 Å². The summed E-state index contributed by atoms with van der Waals surface area (Å²) in [4.78, 5) is 12.4. The normalized spacial score (nSPS) is 10.5. The molecular formula is C26H29BrN2O3. The molecule has 3 aromatic rings. The minimum Gasteiger partial charge on any atom is -0.490 e. The van der Waals surface area contributed by atoms with Crippen LogP contribution in [0.25, 0.3) is 0 Å². The van der Waals surface area contributed by atoms with Crippen molar-refractivity contribution in [1.82, 2.24) is 0 Å². The molecular weight excluding hydrogens is 468 g/mol. The number of rotatable bonds is 9. The Bertz CT molecular complexity index is 1100. The molecule has 0 aromatic heterocycles. The summed E-state index contributed by atoms with van der Waals surface area (Å²) in [6.07, 6.45) is 0. The molecule has 5 nitrogen and oxygen atoms in total. The van der Waals surface area contributed by atoms with Gasteiger partial charge in [0, 0.05) is 17.9 Å². The minimum atomic E-state index is -0.231. The lowest BCUT2D eigenvalue weighted by atomic mass is 10.1. The van der Waals surface area contributed by atoms with E-state index in [0.29, 0.717) is 24.7 Å². The Morgan fingerprint density at radius 1 is 0.938 bits per heavy atom. The Kier molecular flexibility index (Phi) is 8.17. The summed E-state index contributed by atoms with van der Waals surface area (Å²) < 4.78 is 12.4. The third kappa shape index (κ3) is 6.50. The first-order valence-corrected chi connectivity index (χ1v) is 11.4. The molecule has 0 aliphatic rings. The van der Waals surface area contributed by atoms with Crippen LogP contribution in [0.4, 0.5) is 11.4 Å². The molecule has 0 saturated carbocycles. The summed E-state index contributed by atoms with van der Waals surface area (Å²) in [6.45, 7) is 9.11. The fourth-order valence-corrected chi connectivity index (χ4v) is 3.84. The van der Waals surface area contributed by atoms with Gasteiger partial charge in [0.2, 0.25) is 0 Å². The third-order valence-corrected chi connectivity index (χ3v) is 5.61. The van der Waals surface area contributed by atoms with Gasteiger partial charge in [0.05, 0.1) is 11.1 Å². The van der Waals surface area contributed by atoms with Crippen molar-refractivity contribution in [3.63, 3.8) is 0 Å². The van der Waals surface area contributed by atoms with Crippen LogP contribution in [-0.2, 0) is 11.3 Å². The number of carbonyl (C=O) groups excluding carboxylic acids is 1. The number of amides is 1. The summed E-state index contributed by atoms with van der Waals surface area (Å²) in [5.74, 6) is 0.883. The molecule has 0 aliphatic heterocycles. The van der Waals surface area contributed by atoms with Gasteiger partial charge >= 0.3 is 0 Å².